The maximum atomic E-state index is 13.1. The van der Waals surface area contributed by atoms with Gasteiger partial charge in [-0.3, -0.25) is 9.78 Å². The van der Waals surface area contributed by atoms with Gasteiger partial charge in [-0.1, -0.05) is 66.7 Å². The molecule has 0 spiro atoms. The zero-order valence-corrected chi connectivity index (χ0v) is 16.0. The molecule has 0 unspecified atom stereocenters. The second-order valence-electron chi connectivity index (χ2n) is 6.31. The van der Waals surface area contributed by atoms with Gasteiger partial charge >= 0.3 is 0 Å². The first-order valence-electron chi connectivity index (χ1n) is 8.67. The molecule has 3 aromatic rings. The topological polar surface area (TPSA) is 33.2 Å². The Bertz CT molecular complexity index is 783. The lowest BCUT2D eigenvalue weighted by atomic mass is 10.2. The standard InChI is InChI=1S/C22H23N2OP/c1-24(2)22(25)21(17-18-11-9-10-16-23-18)26(19-12-5-3-6-13-19)20-14-7-4-8-15-20/h3-16,21H,17H2,1-2H3/t21-/m0/s1. The third-order valence-corrected chi connectivity index (χ3v) is 6.97. The fourth-order valence-corrected chi connectivity index (χ4v) is 5.82. The molecule has 0 aliphatic carbocycles. The molecule has 0 saturated carbocycles. The molecular weight excluding hydrogens is 339 g/mol. The maximum Gasteiger partial charge on any atom is 0.230 e. The van der Waals surface area contributed by atoms with Crippen molar-refractivity contribution in [3.8, 4) is 0 Å². The first-order chi connectivity index (χ1) is 12.7. The van der Waals surface area contributed by atoms with Crippen LogP contribution in [0.2, 0.25) is 0 Å². The summed E-state index contributed by atoms with van der Waals surface area (Å²) >= 11 is 0. The largest absolute Gasteiger partial charge is 0.348 e. The molecule has 1 heterocycles. The second-order valence-corrected chi connectivity index (χ2v) is 8.71. The van der Waals surface area contributed by atoms with Crippen molar-refractivity contribution in [1.82, 2.24) is 9.88 Å². The summed E-state index contributed by atoms with van der Waals surface area (Å²) in [6.07, 6.45) is 2.42. The number of carbonyl (C=O) groups is 1. The van der Waals surface area contributed by atoms with Crippen LogP contribution >= 0.6 is 7.92 Å². The van der Waals surface area contributed by atoms with Crippen molar-refractivity contribution in [1.29, 1.82) is 0 Å². The highest BCUT2D eigenvalue weighted by Crippen LogP contribution is 2.41. The summed E-state index contributed by atoms with van der Waals surface area (Å²) in [6, 6.07) is 26.6. The Kier molecular flexibility index (Phi) is 6.14. The third-order valence-electron chi connectivity index (χ3n) is 4.23. The summed E-state index contributed by atoms with van der Waals surface area (Å²) in [5.41, 5.74) is 0.798. The van der Waals surface area contributed by atoms with E-state index in [0.717, 1.165) is 5.69 Å². The fourth-order valence-electron chi connectivity index (χ4n) is 2.99. The van der Waals surface area contributed by atoms with Crippen LogP contribution in [0.25, 0.3) is 0 Å². The second kappa shape index (κ2) is 8.73. The quantitative estimate of drug-likeness (QED) is 0.631. The van der Waals surface area contributed by atoms with Gasteiger partial charge in [-0.15, -0.1) is 0 Å². The number of nitrogens with zero attached hydrogens (tertiary/aromatic N) is 2. The normalized spacial score (nSPS) is 12.0. The molecular formula is C22H23N2OP. The van der Waals surface area contributed by atoms with E-state index >= 15 is 0 Å². The Hall–Kier alpha value is -2.51. The van der Waals surface area contributed by atoms with Crippen LogP contribution in [0.3, 0.4) is 0 Å². The van der Waals surface area contributed by atoms with Crippen molar-refractivity contribution in [2.45, 2.75) is 12.1 Å². The van der Waals surface area contributed by atoms with Crippen molar-refractivity contribution >= 4 is 24.4 Å². The van der Waals surface area contributed by atoms with Crippen molar-refractivity contribution in [3.63, 3.8) is 0 Å². The van der Waals surface area contributed by atoms with E-state index in [2.05, 4.69) is 29.2 Å². The van der Waals surface area contributed by atoms with E-state index in [4.69, 9.17) is 0 Å². The van der Waals surface area contributed by atoms with Gasteiger partial charge < -0.3 is 4.90 Å². The molecule has 0 saturated heterocycles. The lowest BCUT2D eigenvalue weighted by Crippen LogP contribution is -2.38. The number of hydrogen-bond acceptors (Lipinski definition) is 2. The van der Waals surface area contributed by atoms with Crippen molar-refractivity contribution < 1.29 is 4.79 Å². The van der Waals surface area contributed by atoms with E-state index in [1.54, 1.807) is 11.1 Å². The van der Waals surface area contributed by atoms with Gasteiger partial charge in [0.15, 0.2) is 0 Å². The van der Waals surface area contributed by atoms with Crippen LogP contribution in [0, 0.1) is 0 Å². The molecule has 1 aromatic heterocycles. The number of carbonyl (C=O) groups excluding carboxylic acids is 1. The Morgan fingerprint density at radius 1 is 0.885 bits per heavy atom. The van der Waals surface area contributed by atoms with E-state index < -0.39 is 7.92 Å². The van der Waals surface area contributed by atoms with Crippen molar-refractivity contribution in [2.24, 2.45) is 0 Å². The molecule has 2 aromatic carbocycles. The smallest absolute Gasteiger partial charge is 0.230 e. The minimum atomic E-state index is -0.841. The molecule has 1 atom stereocenters. The Balaban J connectivity index is 2.07. The van der Waals surface area contributed by atoms with Crippen LogP contribution in [-0.2, 0) is 11.2 Å². The van der Waals surface area contributed by atoms with Gasteiger partial charge in [0.1, 0.15) is 0 Å². The molecule has 0 bridgehead atoms. The Labute approximate surface area is 156 Å². The van der Waals surface area contributed by atoms with Crippen LogP contribution in [0.15, 0.2) is 85.1 Å². The van der Waals surface area contributed by atoms with E-state index in [1.807, 2.05) is 68.7 Å². The zero-order valence-electron chi connectivity index (χ0n) is 15.1. The van der Waals surface area contributed by atoms with Gasteiger partial charge in [0, 0.05) is 32.4 Å². The molecule has 0 aliphatic heterocycles. The van der Waals surface area contributed by atoms with E-state index in [9.17, 15) is 4.79 Å². The molecule has 26 heavy (non-hydrogen) atoms. The lowest BCUT2D eigenvalue weighted by Gasteiger charge is -2.29. The van der Waals surface area contributed by atoms with Gasteiger partial charge in [-0.05, 0) is 30.7 Å². The first-order valence-corrected chi connectivity index (χ1v) is 10.1. The Morgan fingerprint density at radius 2 is 1.42 bits per heavy atom. The summed E-state index contributed by atoms with van der Waals surface area (Å²) in [5, 5.41) is 2.43. The number of rotatable bonds is 6. The highest BCUT2D eigenvalue weighted by molar-refractivity contribution is 7.74. The highest BCUT2D eigenvalue weighted by Gasteiger charge is 2.32. The van der Waals surface area contributed by atoms with Gasteiger partial charge in [0.05, 0.1) is 5.66 Å². The highest BCUT2D eigenvalue weighted by atomic mass is 31.1. The fraction of sp³-hybridized carbons (Fsp3) is 0.182. The average molecular weight is 362 g/mol. The van der Waals surface area contributed by atoms with Crippen LogP contribution in [0.5, 0.6) is 0 Å². The van der Waals surface area contributed by atoms with Crippen LogP contribution in [0.1, 0.15) is 5.69 Å². The average Bonchev–Trinajstić information content (AvgIpc) is 2.69. The molecule has 4 heteroatoms. The summed E-state index contributed by atoms with van der Waals surface area (Å²) in [7, 11) is 2.82. The molecule has 0 N–H and O–H groups in total. The third kappa shape index (κ3) is 4.36. The molecule has 0 radical (unpaired) electrons. The van der Waals surface area contributed by atoms with E-state index in [-0.39, 0.29) is 11.6 Å². The van der Waals surface area contributed by atoms with Crippen LogP contribution in [0.4, 0.5) is 0 Å². The van der Waals surface area contributed by atoms with E-state index in [0.29, 0.717) is 6.42 Å². The van der Waals surface area contributed by atoms with Crippen molar-refractivity contribution in [3.05, 3.63) is 90.8 Å². The zero-order chi connectivity index (χ0) is 18.4. The molecule has 0 aliphatic rings. The van der Waals surface area contributed by atoms with Crippen LogP contribution in [-0.4, -0.2) is 35.5 Å². The predicted molar refractivity (Wildman–Crippen MR) is 109 cm³/mol. The maximum absolute atomic E-state index is 13.1. The number of benzene rings is 2. The predicted octanol–water partition coefficient (Wildman–Crippen LogP) is 3.21. The number of amides is 1. The first kappa shape index (κ1) is 18.3. The lowest BCUT2D eigenvalue weighted by molar-refractivity contribution is -0.128. The molecule has 0 fully saturated rings. The van der Waals surface area contributed by atoms with E-state index in [1.165, 1.54) is 10.6 Å². The molecule has 3 rings (SSSR count). The molecule has 1 amide bonds. The minimum absolute atomic E-state index is 0.148. The Morgan fingerprint density at radius 3 is 1.88 bits per heavy atom. The van der Waals surface area contributed by atoms with Gasteiger partial charge in [-0.2, -0.15) is 0 Å². The summed E-state index contributed by atoms with van der Waals surface area (Å²) in [5.74, 6) is 0.148. The monoisotopic (exact) mass is 362 g/mol. The van der Waals surface area contributed by atoms with Crippen molar-refractivity contribution in [2.75, 3.05) is 14.1 Å². The summed E-state index contributed by atoms with van der Waals surface area (Å²) in [6.45, 7) is 0. The van der Waals surface area contributed by atoms with Gasteiger partial charge in [-0.25, -0.2) is 0 Å². The minimum Gasteiger partial charge on any atom is -0.348 e. The van der Waals surface area contributed by atoms with Gasteiger partial charge in [0.2, 0.25) is 5.91 Å². The number of aromatic nitrogens is 1. The number of hydrogen-bond donors (Lipinski definition) is 0. The summed E-state index contributed by atoms with van der Waals surface area (Å²) < 4.78 is 0. The SMILES string of the molecule is CN(C)C(=O)[C@H](Cc1ccccn1)P(c1ccccc1)c1ccccc1. The molecule has 132 valence electrons. The number of pyridine rings is 1. The van der Waals surface area contributed by atoms with Crippen LogP contribution < -0.4 is 10.6 Å². The summed E-state index contributed by atoms with van der Waals surface area (Å²) in [4.78, 5) is 19.3. The van der Waals surface area contributed by atoms with Gasteiger partial charge in [0.25, 0.3) is 0 Å². The molecule has 3 nitrogen and oxygen atoms in total.